The van der Waals surface area contributed by atoms with Crippen LogP contribution in [0.15, 0.2) is 42.5 Å². The van der Waals surface area contributed by atoms with Gasteiger partial charge in [0.25, 0.3) is 0 Å². The number of nitrogens with one attached hydrogen (secondary N) is 1. The van der Waals surface area contributed by atoms with Crippen LogP contribution in [-0.2, 0) is 16.1 Å². The van der Waals surface area contributed by atoms with E-state index in [1.54, 1.807) is 0 Å². The van der Waals surface area contributed by atoms with Crippen molar-refractivity contribution in [2.24, 2.45) is 0 Å². The summed E-state index contributed by atoms with van der Waals surface area (Å²) in [4.78, 5) is 0. The molecule has 1 aliphatic heterocycles. The van der Waals surface area contributed by atoms with E-state index in [1.165, 1.54) is 11.1 Å². The highest BCUT2D eigenvalue weighted by molar-refractivity contribution is 5.53. The molecule has 27 heavy (non-hydrogen) atoms. The van der Waals surface area contributed by atoms with Crippen LogP contribution >= 0.6 is 0 Å². The molecule has 2 atom stereocenters. The van der Waals surface area contributed by atoms with Gasteiger partial charge in [-0.25, -0.2) is 0 Å². The number of ether oxygens (including phenoxy) is 3. The molecule has 3 rings (SSSR count). The van der Waals surface area contributed by atoms with Crippen molar-refractivity contribution in [2.75, 3.05) is 12.4 Å². The Labute approximate surface area is 162 Å². The Morgan fingerprint density at radius 3 is 2.56 bits per heavy atom. The molecule has 2 aromatic carbocycles. The summed E-state index contributed by atoms with van der Waals surface area (Å²) in [6.45, 7) is 10.9. The third-order valence-corrected chi connectivity index (χ3v) is 5.04. The average Bonchev–Trinajstić information content (AvgIpc) is 2.61. The van der Waals surface area contributed by atoms with Gasteiger partial charge in [-0.15, -0.1) is 0 Å². The standard InChI is InChI=1S/C23H31NO3/c1-15(2)26-21-19-13-18(24-6)11-12-20(19)27-23(4,5)22(21)25-14-17-10-8-7-9-16(17)3/h7-13,15,21-22,24H,14H2,1-6H3. The maximum Gasteiger partial charge on any atom is 0.132 e. The van der Waals surface area contributed by atoms with Crippen LogP contribution in [0.1, 0.15) is 50.5 Å². The monoisotopic (exact) mass is 369 g/mol. The molecular formula is C23H31NO3. The zero-order valence-corrected chi connectivity index (χ0v) is 17.2. The van der Waals surface area contributed by atoms with Crippen LogP contribution in [0.3, 0.4) is 0 Å². The van der Waals surface area contributed by atoms with Crippen molar-refractivity contribution >= 4 is 5.69 Å². The molecule has 0 radical (unpaired) electrons. The quantitative estimate of drug-likeness (QED) is 0.754. The first-order valence-electron chi connectivity index (χ1n) is 9.64. The van der Waals surface area contributed by atoms with E-state index in [4.69, 9.17) is 14.2 Å². The first-order chi connectivity index (χ1) is 12.8. The predicted molar refractivity (Wildman–Crippen MR) is 109 cm³/mol. The van der Waals surface area contributed by atoms with E-state index in [0.29, 0.717) is 6.61 Å². The Kier molecular flexibility index (Phi) is 5.78. The van der Waals surface area contributed by atoms with Crippen LogP contribution in [0.25, 0.3) is 0 Å². The summed E-state index contributed by atoms with van der Waals surface area (Å²) >= 11 is 0. The fourth-order valence-electron chi connectivity index (χ4n) is 3.57. The summed E-state index contributed by atoms with van der Waals surface area (Å²) in [6, 6.07) is 14.4. The molecule has 4 heteroatoms. The predicted octanol–water partition coefficient (Wildman–Crippen LogP) is 5.26. The topological polar surface area (TPSA) is 39.7 Å². The highest BCUT2D eigenvalue weighted by Gasteiger charge is 2.46. The van der Waals surface area contributed by atoms with Crippen LogP contribution < -0.4 is 10.1 Å². The number of anilines is 1. The first-order valence-corrected chi connectivity index (χ1v) is 9.64. The molecule has 0 fully saturated rings. The van der Waals surface area contributed by atoms with Gasteiger partial charge in [0.2, 0.25) is 0 Å². The van der Waals surface area contributed by atoms with Gasteiger partial charge in [0.1, 0.15) is 23.6 Å². The Balaban J connectivity index is 1.94. The Morgan fingerprint density at radius 1 is 1.15 bits per heavy atom. The molecule has 0 saturated carbocycles. The van der Waals surface area contributed by atoms with E-state index in [2.05, 4.69) is 58.1 Å². The smallest absolute Gasteiger partial charge is 0.132 e. The molecule has 2 aromatic rings. The van der Waals surface area contributed by atoms with Crippen molar-refractivity contribution in [1.82, 2.24) is 0 Å². The summed E-state index contributed by atoms with van der Waals surface area (Å²) < 4.78 is 19.1. The third-order valence-electron chi connectivity index (χ3n) is 5.04. The van der Waals surface area contributed by atoms with Gasteiger partial charge in [0.05, 0.1) is 12.7 Å². The molecular weight excluding hydrogens is 338 g/mol. The van der Waals surface area contributed by atoms with Gasteiger partial charge in [-0.05, 0) is 63.9 Å². The lowest BCUT2D eigenvalue weighted by atomic mass is 9.87. The molecule has 0 aromatic heterocycles. The maximum absolute atomic E-state index is 6.44. The Hall–Kier alpha value is -2.04. The number of fused-ring (bicyclic) bond motifs is 1. The SMILES string of the molecule is CNc1ccc2c(c1)C(OC(C)C)C(OCc1ccccc1C)C(C)(C)O2. The lowest BCUT2D eigenvalue weighted by Crippen LogP contribution is -2.51. The molecule has 0 bridgehead atoms. The molecule has 4 nitrogen and oxygen atoms in total. The summed E-state index contributed by atoms with van der Waals surface area (Å²) in [5, 5.41) is 3.20. The summed E-state index contributed by atoms with van der Waals surface area (Å²) in [5.74, 6) is 0.861. The molecule has 1 heterocycles. The zero-order valence-electron chi connectivity index (χ0n) is 17.2. The van der Waals surface area contributed by atoms with E-state index in [-0.39, 0.29) is 18.3 Å². The minimum absolute atomic E-state index is 0.0829. The second-order valence-electron chi connectivity index (χ2n) is 7.97. The number of aryl methyl sites for hydroxylation is 1. The van der Waals surface area contributed by atoms with Gasteiger partial charge in [-0.3, -0.25) is 0 Å². The van der Waals surface area contributed by atoms with Crippen molar-refractivity contribution in [2.45, 2.75) is 65.1 Å². The number of rotatable bonds is 6. The molecule has 1 N–H and O–H groups in total. The maximum atomic E-state index is 6.44. The third kappa shape index (κ3) is 4.28. The van der Waals surface area contributed by atoms with E-state index < -0.39 is 5.60 Å². The van der Waals surface area contributed by atoms with E-state index >= 15 is 0 Å². The molecule has 2 unspecified atom stereocenters. The summed E-state index contributed by atoms with van der Waals surface area (Å²) in [6.07, 6.45) is -0.334. The normalized spacial score (nSPS) is 20.9. The van der Waals surface area contributed by atoms with Crippen molar-refractivity contribution < 1.29 is 14.2 Å². The van der Waals surface area contributed by atoms with Gasteiger partial charge in [0.15, 0.2) is 0 Å². The number of benzene rings is 2. The molecule has 0 amide bonds. The Morgan fingerprint density at radius 2 is 1.89 bits per heavy atom. The van der Waals surface area contributed by atoms with Gasteiger partial charge in [-0.1, -0.05) is 24.3 Å². The fourth-order valence-corrected chi connectivity index (χ4v) is 3.57. The van der Waals surface area contributed by atoms with Gasteiger partial charge in [0, 0.05) is 18.3 Å². The minimum atomic E-state index is -0.504. The second-order valence-corrected chi connectivity index (χ2v) is 7.97. The largest absolute Gasteiger partial charge is 0.485 e. The molecule has 0 aliphatic carbocycles. The van der Waals surface area contributed by atoms with Crippen LogP contribution in [0.5, 0.6) is 5.75 Å². The van der Waals surface area contributed by atoms with E-state index in [0.717, 1.165) is 17.0 Å². The van der Waals surface area contributed by atoms with Crippen molar-refractivity contribution in [3.63, 3.8) is 0 Å². The Bertz CT molecular complexity index is 785. The first kappa shape index (κ1) is 19.7. The molecule has 0 spiro atoms. The van der Waals surface area contributed by atoms with Crippen molar-refractivity contribution in [3.05, 3.63) is 59.2 Å². The van der Waals surface area contributed by atoms with Gasteiger partial charge >= 0.3 is 0 Å². The fraction of sp³-hybridized carbons (Fsp3) is 0.478. The van der Waals surface area contributed by atoms with Crippen LogP contribution in [-0.4, -0.2) is 24.9 Å². The van der Waals surface area contributed by atoms with Crippen LogP contribution in [0.4, 0.5) is 5.69 Å². The number of hydrogen-bond acceptors (Lipinski definition) is 4. The average molecular weight is 370 g/mol. The molecule has 146 valence electrons. The summed E-state index contributed by atoms with van der Waals surface area (Å²) in [5.41, 5.74) is 3.98. The lowest BCUT2D eigenvalue weighted by molar-refractivity contribution is -0.177. The van der Waals surface area contributed by atoms with Crippen LogP contribution in [0.2, 0.25) is 0 Å². The summed E-state index contributed by atoms with van der Waals surface area (Å²) in [7, 11) is 1.92. The van der Waals surface area contributed by atoms with Crippen molar-refractivity contribution in [1.29, 1.82) is 0 Å². The zero-order chi connectivity index (χ0) is 19.6. The number of hydrogen-bond donors (Lipinski definition) is 1. The van der Waals surface area contributed by atoms with Crippen molar-refractivity contribution in [3.8, 4) is 5.75 Å². The minimum Gasteiger partial charge on any atom is -0.485 e. The molecule has 0 saturated heterocycles. The molecule has 1 aliphatic rings. The van der Waals surface area contributed by atoms with Gasteiger partial charge < -0.3 is 19.5 Å². The van der Waals surface area contributed by atoms with Gasteiger partial charge in [-0.2, -0.15) is 0 Å². The van der Waals surface area contributed by atoms with Crippen LogP contribution in [0, 0.1) is 6.92 Å². The lowest BCUT2D eigenvalue weighted by Gasteiger charge is -2.45. The second kappa shape index (κ2) is 7.91. The van der Waals surface area contributed by atoms with E-state index in [1.807, 2.05) is 31.3 Å². The van der Waals surface area contributed by atoms with E-state index in [9.17, 15) is 0 Å². The highest BCUT2D eigenvalue weighted by atomic mass is 16.6. The highest BCUT2D eigenvalue weighted by Crippen LogP contribution is 2.45.